The highest BCUT2D eigenvalue weighted by atomic mass is 19.1. The Kier molecular flexibility index (Phi) is 3.88. The number of nitrogens with two attached hydrogens (primary N) is 1. The van der Waals surface area contributed by atoms with Crippen LogP contribution in [-0.4, -0.2) is 37.2 Å². The van der Waals surface area contributed by atoms with Crippen molar-refractivity contribution < 1.29 is 9.13 Å². The molecule has 1 heterocycles. The Morgan fingerprint density at radius 3 is 2.81 bits per heavy atom. The lowest BCUT2D eigenvalue weighted by atomic mass is 10.2. The number of halogens is 1. The van der Waals surface area contributed by atoms with Gasteiger partial charge in [0.2, 0.25) is 0 Å². The molecule has 1 aliphatic rings. The van der Waals surface area contributed by atoms with Gasteiger partial charge in [-0.05, 0) is 17.7 Å². The predicted octanol–water partition coefficient (Wildman–Crippen LogP) is 0.985. The molecule has 3 nitrogen and oxygen atoms in total. The summed E-state index contributed by atoms with van der Waals surface area (Å²) in [7, 11) is 0. The lowest BCUT2D eigenvalue weighted by molar-refractivity contribution is -0.0260. The van der Waals surface area contributed by atoms with E-state index in [1.807, 2.05) is 12.1 Å². The summed E-state index contributed by atoms with van der Waals surface area (Å²) >= 11 is 0. The third kappa shape index (κ3) is 3.01. The fourth-order valence-corrected chi connectivity index (χ4v) is 1.91. The van der Waals surface area contributed by atoms with Gasteiger partial charge < -0.3 is 10.5 Å². The van der Waals surface area contributed by atoms with E-state index in [-0.39, 0.29) is 11.9 Å². The van der Waals surface area contributed by atoms with E-state index >= 15 is 0 Å². The van der Waals surface area contributed by atoms with Gasteiger partial charge in [-0.2, -0.15) is 0 Å². The number of nitrogens with zero attached hydrogens (tertiary/aromatic N) is 1. The highest BCUT2D eigenvalue weighted by molar-refractivity contribution is 5.15. The van der Waals surface area contributed by atoms with Crippen molar-refractivity contribution in [1.82, 2.24) is 4.90 Å². The molecule has 1 atom stereocenters. The van der Waals surface area contributed by atoms with Gasteiger partial charge >= 0.3 is 0 Å². The van der Waals surface area contributed by atoms with Crippen LogP contribution in [0, 0.1) is 5.82 Å². The Bertz CT molecular complexity index is 328. The molecular weight excluding hydrogens is 207 g/mol. The number of rotatable bonds is 3. The summed E-state index contributed by atoms with van der Waals surface area (Å²) in [6, 6.07) is 6.64. The van der Waals surface area contributed by atoms with Crippen LogP contribution in [0.5, 0.6) is 0 Å². The van der Waals surface area contributed by atoms with Crippen LogP contribution in [0.2, 0.25) is 0 Å². The lowest BCUT2D eigenvalue weighted by Crippen LogP contribution is -2.45. The van der Waals surface area contributed by atoms with E-state index in [1.54, 1.807) is 0 Å². The molecule has 1 saturated heterocycles. The van der Waals surface area contributed by atoms with E-state index in [1.165, 1.54) is 12.1 Å². The molecule has 1 fully saturated rings. The maximum absolute atomic E-state index is 12.7. The van der Waals surface area contributed by atoms with Crippen molar-refractivity contribution in [3.05, 3.63) is 35.6 Å². The maximum atomic E-state index is 12.7. The Labute approximate surface area is 95.0 Å². The van der Waals surface area contributed by atoms with Crippen molar-refractivity contribution in [3.8, 4) is 0 Å². The van der Waals surface area contributed by atoms with E-state index in [4.69, 9.17) is 10.5 Å². The highest BCUT2D eigenvalue weighted by Gasteiger charge is 2.18. The van der Waals surface area contributed by atoms with Gasteiger partial charge in [0.25, 0.3) is 0 Å². The maximum Gasteiger partial charge on any atom is 0.123 e. The minimum atomic E-state index is -0.189. The van der Waals surface area contributed by atoms with Crippen molar-refractivity contribution in [2.75, 3.05) is 26.2 Å². The van der Waals surface area contributed by atoms with Crippen molar-refractivity contribution in [2.24, 2.45) is 5.73 Å². The number of benzene rings is 1. The molecule has 2 N–H and O–H groups in total. The van der Waals surface area contributed by atoms with E-state index in [2.05, 4.69) is 4.90 Å². The van der Waals surface area contributed by atoms with E-state index in [0.29, 0.717) is 6.54 Å². The fraction of sp³-hybridized carbons (Fsp3) is 0.500. The first-order valence-corrected chi connectivity index (χ1v) is 5.56. The Hall–Kier alpha value is -0.970. The number of ether oxygens (including phenoxy) is 1. The first kappa shape index (κ1) is 11.5. The molecule has 0 saturated carbocycles. The van der Waals surface area contributed by atoms with Crippen molar-refractivity contribution in [3.63, 3.8) is 0 Å². The molecule has 0 aliphatic carbocycles. The number of hydrogen-bond acceptors (Lipinski definition) is 3. The first-order valence-electron chi connectivity index (χ1n) is 5.56. The number of hydrogen-bond donors (Lipinski definition) is 1. The van der Waals surface area contributed by atoms with Crippen LogP contribution in [0.3, 0.4) is 0 Å². The third-order valence-electron chi connectivity index (χ3n) is 2.81. The molecule has 0 bridgehead atoms. The summed E-state index contributed by atoms with van der Waals surface area (Å²) in [5.41, 5.74) is 6.70. The minimum Gasteiger partial charge on any atom is -0.374 e. The normalized spacial score (nSPS) is 22.2. The minimum absolute atomic E-state index is 0.134. The second-order valence-electron chi connectivity index (χ2n) is 4.09. The van der Waals surface area contributed by atoms with Crippen molar-refractivity contribution in [1.29, 1.82) is 0 Å². The molecule has 0 unspecified atom stereocenters. The SMILES string of the molecule is NC[C@H]1CN(Cc2ccc(F)cc2)CCO1. The zero-order valence-electron chi connectivity index (χ0n) is 9.23. The van der Waals surface area contributed by atoms with Gasteiger partial charge in [0.15, 0.2) is 0 Å². The van der Waals surface area contributed by atoms with Gasteiger partial charge in [-0.25, -0.2) is 4.39 Å². The average molecular weight is 224 g/mol. The molecule has 0 aromatic heterocycles. The summed E-state index contributed by atoms with van der Waals surface area (Å²) in [4.78, 5) is 2.29. The summed E-state index contributed by atoms with van der Waals surface area (Å²) in [5, 5.41) is 0. The van der Waals surface area contributed by atoms with Gasteiger partial charge in [0, 0.05) is 26.2 Å². The molecule has 2 rings (SSSR count). The predicted molar refractivity (Wildman–Crippen MR) is 60.5 cm³/mol. The monoisotopic (exact) mass is 224 g/mol. The smallest absolute Gasteiger partial charge is 0.123 e. The largest absolute Gasteiger partial charge is 0.374 e. The molecule has 0 spiro atoms. The molecule has 16 heavy (non-hydrogen) atoms. The van der Waals surface area contributed by atoms with Gasteiger partial charge in [0.1, 0.15) is 5.82 Å². The van der Waals surface area contributed by atoms with Gasteiger partial charge in [0.05, 0.1) is 12.7 Å². The molecule has 88 valence electrons. The van der Waals surface area contributed by atoms with Crippen LogP contribution in [0.4, 0.5) is 4.39 Å². The Morgan fingerprint density at radius 2 is 2.12 bits per heavy atom. The van der Waals surface area contributed by atoms with Gasteiger partial charge in [-0.1, -0.05) is 12.1 Å². The van der Waals surface area contributed by atoms with Crippen LogP contribution in [0.25, 0.3) is 0 Å². The quantitative estimate of drug-likeness (QED) is 0.832. The van der Waals surface area contributed by atoms with Crippen LogP contribution >= 0.6 is 0 Å². The molecule has 1 aliphatic heterocycles. The van der Waals surface area contributed by atoms with Crippen molar-refractivity contribution in [2.45, 2.75) is 12.6 Å². The van der Waals surface area contributed by atoms with Gasteiger partial charge in [-0.15, -0.1) is 0 Å². The summed E-state index contributed by atoms with van der Waals surface area (Å²) in [6.07, 6.45) is 0.134. The zero-order valence-corrected chi connectivity index (χ0v) is 9.23. The third-order valence-corrected chi connectivity index (χ3v) is 2.81. The average Bonchev–Trinajstić information content (AvgIpc) is 2.32. The number of morpholine rings is 1. The molecule has 1 aromatic carbocycles. The Morgan fingerprint density at radius 1 is 1.38 bits per heavy atom. The molecular formula is C12H17FN2O. The first-order chi connectivity index (χ1) is 7.78. The summed E-state index contributed by atoms with van der Waals surface area (Å²) in [6.45, 7) is 3.88. The highest BCUT2D eigenvalue weighted by Crippen LogP contribution is 2.10. The van der Waals surface area contributed by atoms with Gasteiger partial charge in [-0.3, -0.25) is 4.90 Å². The topological polar surface area (TPSA) is 38.5 Å². The lowest BCUT2D eigenvalue weighted by Gasteiger charge is -2.32. The van der Waals surface area contributed by atoms with E-state index < -0.39 is 0 Å². The zero-order chi connectivity index (χ0) is 11.4. The second-order valence-corrected chi connectivity index (χ2v) is 4.09. The Balaban J connectivity index is 1.91. The van der Waals surface area contributed by atoms with Crippen LogP contribution in [0.15, 0.2) is 24.3 Å². The second kappa shape index (κ2) is 5.39. The molecule has 4 heteroatoms. The molecule has 0 radical (unpaired) electrons. The molecule has 1 aromatic rings. The van der Waals surface area contributed by atoms with Crippen LogP contribution in [-0.2, 0) is 11.3 Å². The van der Waals surface area contributed by atoms with Crippen LogP contribution < -0.4 is 5.73 Å². The van der Waals surface area contributed by atoms with Crippen molar-refractivity contribution >= 4 is 0 Å². The summed E-state index contributed by atoms with van der Waals surface area (Å²) in [5.74, 6) is -0.189. The fourth-order valence-electron chi connectivity index (χ4n) is 1.91. The summed E-state index contributed by atoms with van der Waals surface area (Å²) < 4.78 is 18.2. The van der Waals surface area contributed by atoms with Crippen LogP contribution in [0.1, 0.15) is 5.56 Å². The molecule has 0 amide bonds. The standard InChI is InChI=1S/C12H17FN2O/c13-11-3-1-10(2-4-11)8-15-5-6-16-12(7-14)9-15/h1-4,12H,5-9,14H2/t12-/m0/s1. The van der Waals surface area contributed by atoms with E-state index in [9.17, 15) is 4.39 Å². The van der Waals surface area contributed by atoms with E-state index in [0.717, 1.165) is 31.8 Å².